The van der Waals surface area contributed by atoms with E-state index in [9.17, 15) is 9.90 Å². The first kappa shape index (κ1) is 19.1. The number of nitrogens with zero attached hydrogens (tertiary/aromatic N) is 3. The second kappa shape index (κ2) is 7.99. The van der Waals surface area contributed by atoms with E-state index in [1.54, 1.807) is 17.4 Å². The quantitative estimate of drug-likeness (QED) is 0.720. The predicted octanol–water partition coefficient (Wildman–Crippen LogP) is 3.31. The Morgan fingerprint density at radius 2 is 1.86 bits per heavy atom. The highest BCUT2D eigenvalue weighted by Crippen LogP contribution is 2.26. The average molecular weight is 396 g/mol. The molecule has 1 N–H and O–H groups in total. The summed E-state index contributed by atoms with van der Waals surface area (Å²) >= 11 is 1.76. The molecule has 0 unspecified atom stereocenters. The van der Waals surface area contributed by atoms with E-state index < -0.39 is 5.60 Å². The molecule has 1 aliphatic heterocycles. The molecule has 3 heterocycles. The Hall–Kier alpha value is -2.28. The third-order valence-electron chi connectivity index (χ3n) is 5.40. The van der Waals surface area contributed by atoms with Crippen LogP contribution in [0.3, 0.4) is 0 Å². The lowest BCUT2D eigenvalue weighted by Crippen LogP contribution is -2.48. The van der Waals surface area contributed by atoms with Crippen LogP contribution in [0.25, 0.3) is 11.3 Å². The number of piperidine rings is 1. The van der Waals surface area contributed by atoms with Gasteiger partial charge in [-0.1, -0.05) is 35.9 Å². The van der Waals surface area contributed by atoms with Crippen molar-refractivity contribution >= 4 is 11.3 Å². The van der Waals surface area contributed by atoms with Gasteiger partial charge in [0.05, 0.1) is 17.8 Å². The lowest BCUT2D eigenvalue weighted by Gasteiger charge is -2.38. The van der Waals surface area contributed by atoms with E-state index in [0.717, 1.165) is 30.9 Å². The van der Waals surface area contributed by atoms with Gasteiger partial charge in [-0.05, 0) is 37.3 Å². The minimum absolute atomic E-state index is 0.176. The lowest BCUT2D eigenvalue weighted by molar-refractivity contribution is -0.0387. The Morgan fingerprint density at radius 1 is 1.11 bits per heavy atom. The maximum Gasteiger partial charge on any atom is 0.266 e. The molecule has 3 aromatic rings. The fourth-order valence-corrected chi connectivity index (χ4v) is 4.37. The van der Waals surface area contributed by atoms with E-state index in [0.29, 0.717) is 12.8 Å². The van der Waals surface area contributed by atoms with Gasteiger partial charge in [0, 0.05) is 36.1 Å². The Balaban J connectivity index is 1.45. The normalized spacial score (nSPS) is 16.9. The van der Waals surface area contributed by atoms with Gasteiger partial charge in [-0.2, -0.15) is 5.10 Å². The van der Waals surface area contributed by atoms with Gasteiger partial charge in [-0.15, -0.1) is 11.3 Å². The highest BCUT2D eigenvalue weighted by atomic mass is 32.1. The number of aliphatic hydroxyl groups is 1. The van der Waals surface area contributed by atoms with Crippen molar-refractivity contribution in [3.63, 3.8) is 0 Å². The second-order valence-corrected chi connectivity index (χ2v) is 8.69. The number of thiophene rings is 1. The van der Waals surface area contributed by atoms with Gasteiger partial charge < -0.3 is 5.11 Å². The molecule has 0 radical (unpaired) electrons. The lowest BCUT2D eigenvalue weighted by atomic mass is 9.91. The zero-order valence-electron chi connectivity index (χ0n) is 16.0. The Bertz CT molecular complexity index is 972. The van der Waals surface area contributed by atoms with Crippen molar-refractivity contribution in [1.29, 1.82) is 0 Å². The fraction of sp³-hybridized carbons (Fsp3) is 0.364. The van der Waals surface area contributed by atoms with Crippen molar-refractivity contribution in [3.8, 4) is 11.3 Å². The number of aromatic nitrogens is 2. The molecule has 2 aromatic heterocycles. The molecule has 5 nitrogen and oxygen atoms in total. The van der Waals surface area contributed by atoms with Crippen LogP contribution >= 0.6 is 11.3 Å². The molecule has 0 aliphatic carbocycles. The van der Waals surface area contributed by atoms with Crippen LogP contribution in [0.4, 0.5) is 0 Å². The van der Waals surface area contributed by atoms with Crippen molar-refractivity contribution in [3.05, 3.63) is 74.7 Å². The summed E-state index contributed by atoms with van der Waals surface area (Å²) in [5.74, 6) is 0. The van der Waals surface area contributed by atoms with Crippen LogP contribution in [0.5, 0.6) is 0 Å². The van der Waals surface area contributed by atoms with Crippen LogP contribution in [0.1, 0.15) is 23.3 Å². The van der Waals surface area contributed by atoms with Gasteiger partial charge in [0.15, 0.2) is 0 Å². The van der Waals surface area contributed by atoms with Gasteiger partial charge in [0.2, 0.25) is 0 Å². The topological polar surface area (TPSA) is 58.4 Å². The predicted molar refractivity (Wildman–Crippen MR) is 112 cm³/mol. The number of hydrogen-bond donors (Lipinski definition) is 1. The minimum Gasteiger partial charge on any atom is -0.388 e. The standard InChI is InChI=1S/C22H25N3O2S/c1-17-4-6-18(7-5-17)20-8-9-21(26)25(23-20)16-22(27)10-12-24(13-11-22)15-19-3-2-14-28-19/h2-9,14,27H,10-13,15-16H2,1H3. The summed E-state index contributed by atoms with van der Waals surface area (Å²) in [7, 11) is 0. The van der Waals surface area contributed by atoms with Crippen LogP contribution in [-0.4, -0.2) is 38.5 Å². The summed E-state index contributed by atoms with van der Waals surface area (Å²) in [5.41, 5.74) is 1.83. The van der Waals surface area contributed by atoms with Gasteiger partial charge in [0.1, 0.15) is 0 Å². The first-order valence-corrected chi connectivity index (χ1v) is 10.5. The van der Waals surface area contributed by atoms with Crippen molar-refractivity contribution in [2.75, 3.05) is 13.1 Å². The van der Waals surface area contributed by atoms with Gasteiger partial charge in [-0.25, -0.2) is 4.68 Å². The molecule has 0 atom stereocenters. The summed E-state index contributed by atoms with van der Waals surface area (Å²) in [5, 5.41) is 17.7. The highest BCUT2D eigenvalue weighted by molar-refractivity contribution is 7.09. The molecule has 0 bridgehead atoms. The van der Waals surface area contributed by atoms with Crippen LogP contribution in [0.2, 0.25) is 0 Å². The van der Waals surface area contributed by atoms with Gasteiger partial charge in [0.25, 0.3) is 5.56 Å². The van der Waals surface area contributed by atoms with E-state index in [-0.39, 0.29) is 12.1 Å². The molecule has 146 valence electrons. The van der Waals surface area contributed by atoms with Crippen LogP contribution < -0.4 is 5.56 Å². The fourth-order valence-electron chi connectivity index (χ4n) is 3.63. The third-order valence-corrected chi connectivity index (χ3v) is 6.27. The molecular weight excluding hydrogens is 370 g/mol. The maximum atomic E-state index is 12.3. The number of benzene rings is 1. The van der Waals surface area contributed by atoms with Crippen molar-refractivity contribution in [2.45, 2.75) is 38.5 Å². The zero-order valence-corrected chi connectivity index (χ0v) is 16.9. The molecule has 0 amide bonds. The van der Waals surface area contributed by atoms with Gasteiger partial charge in [-0.3, -0.25) is 9.69 Å². The van der Waals surface area contributed by atoms with Gasteiger partial charge >= 0.3 is 0 Å². The first-order chi connectivity index (χ1) is 13.5. The number of rotatable bonds is 5. The molecule has 6 heteroatoms. The zero-order chi connectivity index (χ0) is 19.6. The smallest absolute Gasteiger partial charge is 0.266 e. The monoisotopic (exact) mass is 395 g/mol. The molecule has 0 saturated carbocycles. The van der Waals surface area contributed by atoms with Crippen LogP contribution in [-0.2, 0) is 13.1 Å². The second-order valence-electron chi connectivity index (χ2n) is 7.66. The number of likely N-dealkylation sites (tertiary alicyclic amines) is 1. The Labute approximate surface area is 168 Å². The molecule has 1 aliphatic rings. The summed E-state index contributed by atoms with van der Waals surface area (Å²) < 4.78 is 1.42. The molecular formula is C22H25N3O2S. The van der Waals surface area contributed by atoms with Crippen LogP contribution in [0.15, 0.2) is 58.7 Å². The van der Waals surface area contributed by atoms with Crippen molar-refractivity contribution in [2.24, 2.45) is 0 Å². The molecule has 1 saturated heterocycles. The minimum atomic E-state index is -0.894. The van der Waals surface area contributed by atoms with E-state index >= 15 is 0 Å². The largest absolute Gasteiger partial charge is 0.388 e. The molecule has 4 rings (SSSR count). The van der Waals surface area contributed by atoms with E-state index in [1.807, 2.05) is 31.2 Å². The average Bonchev–Trinajstić information content (AvgIpc) is 3.19. The molecule has 1 fully saturated rings. The summed E-state index contributed by atoms with van der Waals surface area (Å²) in [6.07, 6.45) is 1.28. The maximum absolute atomic E-state index is 12.3. The Morgan fingerprint density at radius 3 is 2.54 bits per heavy atom. The first-order valence-electron chi connectivity index (χ1n) is 9.63. The van der Waals surface area contributed by atoms with E-state index in [1.165, 1.54) is 21.2 Å². The molecule has 28 heavy (non-hydrogen) atoms. The summed E-state index contributed by atoms with van der Waals surface area (Å²) in [6.45, 7) is 4.84. The molecule has 1 aromatic carbocycles. The van der Waals surface area contributed by atoms with E-state index in [4.69, 9.17) is 0 Å². The van der Waals surface area contributed by atoms with E-state index in [2.05, 4.69) is 27.5 Å². The van der Waals surface area contributed by atoms with Crippen LogP contribution in [0, 0.1) is 6.92 Å². The number of aryl methyl sites for hydroxylation is 1. The third kappa shape index (κ3) is 4.41. The summed E-state index contributed by atoms with van der Waals surface area (Å²) in [6, 6.07) is 15.6. The highest BCUT2D eigenvalue weighted by Gasteiger charge is 2.33. The van der Waals surface area contributed by atoms with Crippen molar-refractivity contribution < 1.29 is 5.11 Å². The Kier molecular flexibility index (Phi) is 5.44. The summed E-state index contributed by atoms with van der Waals surface area (Å²) in [4.78, 5) is 16.0. The molecule has 0 spiro atoms. The van der Waals surface area contributed by atoms with Crippen molar-refractivity contribution in [1.82, 2.24) is 14.7 Å². The number of hydrogen-bond acceptors (Lipinski definition) is 5. The SMILES string of the molecule is Cc1ccc(-c2ccc(=O)n(CC3(O)CCN(Cc4cccs4)CC3)n2)cc1.